The van der Waals surface area contributed by atoms with Crippen LogP contribution in [0.1, 0.15) is 77.6 Å². The van der Waals surface area contributed by atoms with Gasteiger partial charge in [0.25, 0.3) is 0 Å². The molecule has 10 nitrogen and oxygen atoms in total. The molecule has 0 bridgehead atoms. The van der Waals surface area contributed by atoms with Gasteiger partial charge in [0.15, 0.2) is 31.0 Å². The van der Waals surface area contributed by atoms with Gasteiger partial charge >= 0.3 is 0 Å². The third-order valence-electron chi connectivity index (χ3n) is 29.8. The Morgan fingerprint density at radius 2 is 0.521 bits per heavy atom. The minimum atomic E-state index is -2.30. The van der Waals surface area contributed by atoms with Gasteiger partial charge in [-0.15, -0.1) is 0 Å². The number of benzene rings is 16. The number of nitrogens with zero attached hydrogens (tertiary/aromatic N) is 10. The maximum absolute atomic E-state index is 8.22. The lowest BCUT2D eigenvalue weighted by atomic mass is 9.97. The van der Waals surface area contributed by atoms with E-state index in [0.717, 1.165) is 87.8 Å². The van der Waals surface area contributed by atoms with Gasteiger partial charge in [0.05, 0.1) is 65.5 Å². The van der Waals surface area contributed by atoms with Crippen LogP contribution < -0.4 is 22.8 Å². The predicted octanol–water partition coefficient (Wildman–Crippen LogP) is 29.9. The molecule has 0 unspecified atom stereocenters. The van der Waals surface area contributed by atoms with Crippen molar-refractivity contribution in [3.8, 4) is 67.4 Å². The van der Waals surface area contributed by atoms with E-state index in [1.807, 2.05) is 96.7 Å². The lowest BCUT2D eigenvalue weighted by Gasteiger charge is -2.09. The molecule has 10 heteroatoms. The molecule has 0 atom stereocenters. The van der Waals surface area contributed by atoms with Crippen LogP contribution in [0.2, 0.25) is 0 Å². The zero-order valence-corrected chi connectivity index (χ0v) is 83.5. The van der Waals surface area contributed by atoms with Crippen LogP contribution in [-0.2, 0) is 70.5 Å². The van der Waals surface area contributed by atoms with E-state index in [1.54, 1.807) is 36.7 Å². The van der Waals surface area contributed by atoms with Crippen LogP contribution in [0.5, 0.6) is 0 Å². The van der Waals surface area contributed by atoms with E-state index in [0.29, 0.717) is 11.0 Å². The Morgan fingerprint density at radius 1 is 0.197 bits per heavy atom. The molecular formula is C132H121N10+5. The summed E-state index contributed by atoms with van der Waals surface area (Å²) in [6.45, 7) is 5.80. The normalized spacial score (nSPS) is 13.3. The summed E-state index contributed by atoms with van der Waals surface area (Å²) < 4.78 is 117. The molecule has 0 radical (unpaired) electrons. The van der Waals surface area contributed by atoms with Crippen molar-refractivity contribution < 1.29 is 39.3 Å². The highest BCUT2D eigenvalue weighted by Gasteiger charge is 2.32. The van der Waals surface area contributed by atoms with E-state index in [2.05, 4.69) is 384 Å². The van der Waals surface area contributed by atoms with Gasteiger partial charge in [0.2, 0.25) is 28.5 Å². The van der Waals surface area contributed by atoms with Crippen molar-refractivity contribution in [2.45, 2.75) is 75.9 Å². The molecule has 0 N–H and O–H groups in total. The minimum Gasteiger partial charge on any atom is -0.343 e. The summed E-state index contributed by atoms with van der Waals surface area (Å²) in [5.74, 6) is 0. The molecule has 26 aromatic rings. The van der Waals surface area contributed by atoms with E-state index in [1.165, 1.54) is 170 Å². The number of aromatic nitrogens is 10. The molecule has 0 amide bonds. The third kappa shape index (κ3) is 15.2. The van der Waals surface area contributed by atoms with Crippen molar-refractivity contribution in [1.82, 2.24) is 22.8 Å². The summed E-state index contributed by atoms with van der Waals surface area (Å²) in [5.41, 5.74) is 33.9. The Balaban J connectivity index is 0.000000108. The van der Waals surface area contributed by atoms with E-state index in [4.69, 9.17) is 16.4 Å². The Labute approximate surface area is 847 Å². The van der Waals surface area contributed by atoms with Crippen molar-refractivity contribution in [2.24, 2.45) is 70.5 Å². The lowest BCUT2D eigenvalue weighted by molar-refractivity contribution is -0.659. The lowest BCUT2D eigenvalue weighted by Crippen LogP contribution is -2.31. The molecule has 10 aromatic heterocycles. The van der Waals surface area contributed by atoms with Crippen molar-refractivity contribution in [3.63, 3.8) is 0 Å². The van der Waals surface area contributed by atoms with Crippen molar-refractivity contribution >= 4 is 163 Å². The van der Waals surface area contributed by atoms with Crippen LogP contribution in [0.25, 0.3) is 230 Å². The van der Waals surface area contributed by atoms with Crippen LogP contribution in [0, 0.1) is 75.9 Å². The predicted molar refractivity (Wildman–Crippen MR) is 600 cm³/mol. The Hall–Kier alpha value is -16.4. The molecule has 0 aliphatic carbocycles. The molecule has 694 valence electrons. The molecule has 0 aliphatic heterocycles. The minimum absolute atomic E-state index is 0.285. The first kappa shape index (κ1) is 77.5. The molecule has 0 saturated heterocycles. The fraction of sp³-hybridized carbons (Fsp3) is 0.159. The average Bonchev–Trinajstić information content (AvgIpc) is 1.59. The van der Waals surface area contributed by atoms with Crippen molar-refractivity contribution in [1.29, 1.82) is 0 Å². The van der Waals surface area contributed by atoms with Gasteiger partial charge in [0.1, 0.15) is 35.2 Å². The summed E-state index contributed by atoms with van der Waals surface area (Å²) in [6.07, 6.45) is 9.97. The number of fused-ring (bicyclic) bond motifs is 22. The van der Waals surface area contributed by atoms with Crippen molar-refractivity contribution in [3.05, 3.63) is 414 Å². The van der Waals surface area contributed by atoms with Crippen LogP contribution in [-0.4, -0.2) is 22.8 Å². The number of rotatable bonds is 6. The second-order valence-corrected chi connectivity index (χ2v) is 38.9. The van der Waals surface area contributed by atoms with E-state index >= 15 is 0 Å². The average molecular weight is 1860 g/mol. The van der Waals surface area contributed by atoms with Gasteiger partial charge in [-0.3, -0.25) is 0 Å². The fourth-order valence-corrected chi connectivity index (χ4v) is 23.1. The molecule has 0 saturated carbocycles. The first-order valence-corrected chi connectivity index (χ1v) is 48.6. The topological polar surface area (TPSA) is 44.0 Å². The van der Waals surface area contributed by atoms with Gasteiger partial charge in [-0.05, 0) is 231 Å². The number of pyridine rings is 5. The quantitative estimate of drug-likeness (QED) is 0.149. The maximum Gasteiger partial charge on any atom is 0.222 e. The first-order valence-electron chi connectivity index (χ1n) is 54.6. The van der Waals surface area contributed by atoms with Gasteiger partial charge in [-0.1, -0.05) is 253 Å². The highest BCUT2D eigenvalue weighted by Crippen LogP contribution is 2.47. The molecular weight excluding hydrogens is 1730 g/mol. The number of aryl methyl sites for hydroxylation is 21. The summed E-state index contributed by atoms with van der Waals surface area (Å²) >= 11 is 0. The van der Waals surface area contributed by atoms with Gasteiger partial charge < -0.3 is 22.8 Å². The summed E-state index contributed by atoms with van der Waals surface area (Å²) in [4.78, 5) is 0. The monoisotopic (exact) mass is 1860 g/mol. The zero-order chi connectivity index (χ0) is 108. The molecule has 16 aromatic carbocycles. The van der Waals surface area contributed by atoms with Gasteiger partial charge in [-0.2, -0.15) is 0 Å². The Kier molecular flexibility index (Phi) is 19.5. The molecule has 0 fully saturated rings. The SMILES string of the molecule is Cc1ccc(-c2c3c4cc5ccccc5cc4n(C)c3c(C)c[n+]2C)c(C)c1.Cc1ccccc1-c1c2c3ccc4ccc(-c5ccccc5)cc4c3n(C)c2cc[n+]1C.Cc1ccccc1-c1c2c3ccc4ccccc4c3n(C)c2cc[n+]1C.[2H]C([2H])([2H])c1ccc(-c2c3c4cc5ccccc5cc4n(C)c3c(C([2H])([2H])[2H])c[n+]2C)c(C)c1.[2H]C([2H])([2H])c1ccc(-c2c3c4cc5ccccc5cc4n(C)c3c(C([2H])([2H])[2H])c[n+]2C)c(C)c1. The summed E-state index contributed by atoms with van der Waals surface area (Å²) in [6, 6.07) is 112. The highest BCUT2D eigenvalue weighted by atomic mass is 15.0. The van der Waals surface area contributed by atoms with E-state index in [9.17, 15) is 0 Å². The van der Waals surface area contributed by atoms with Gasteiger partial charge in [-0.25, -0.2) is 22.8 Å². The molecule has 142 heavy (non-hydrogen) atoms. The van der Waals surface area contributed by atoms with Crippen LogP contribution in [0.15, 0.2) is 353 Å². The molecule has 10 heterocycles. The standard InChI is InChI=1S/C30H25N2.3C26H25N2.C24H21N2/c1-20-9-7-8-12-24(20)30-28-25-16-15-22-13-14-23(21-10-5-4-6-11-21)19-26(22)29(25)32(3)27(28)17-18-31(30)2;3*1-16-10-11-21(17(2)12-16)26-24-22-13-19-8-6-7-9-20(19)14-23(22)28(5)25(24)18(3)15-27(26)4;1-16-8-4-6-10-18(16)24-22-20-13-12-17-9-5-7-11-19(17)23(20)26(3)21(22)14-15-25(24)2/h4-19H,1-3H3;3*6-15H,1-5H3;4-15H,1-3H3/q5*+1/i;2*1D3,3D3;;. The molecule has 26 rings (SSSR count). The van der Waals surface area contributed by atoms with Crippen LogP contribution >= 0.6 is 0 Å². The highest BCUT2D eigenvalue weighted by molar-refractivity contribution is 6.24. The molecule has 0 spiro atoms. The third-order valence-corrected chi connectivity index (χ3v) is 29.8. The zero-order valence-electron chi connectivity index (χ0n) is 95.5. The Morgan fingerprint density at radius 3 is 0.930 bits per heavy atom. The first-order chi connectivity index (χ1) is 73.5. The smallest absolute Gasteiger partial charge is 0.222 e. The second-order valence-electron chi connectivity index (χ2n) is 38.9. The second kappa shape index (κ2) is 35.8. The van der Waals surface area contributed by atoms with Gasteiger partial charge in [0, 0.05) is 163 Å². The van der Waals surface area contributed by atoms with E-state index in [-0.39, 0.29) is 22.3 Å². The number of hydrogen-bond donors (Lipinski definition) is 0. The van der Waals surface area contributed by atoms with Crippen LogP contribution in [0.4, 0.5) is 0 Å². The maximum atomic E-state index is 8.22. The summed E-state index contributed by atoms with van der Waals surface area (Å²) in [7, 11) is 20.5. The Bertz CT molecular complexity index is 10000. The number of hydrogen-bond acceptors (Lipinski definition) is 0. The van der Waals surface area contributed by atoms with E-state index < -0.39 is 27.4 Å². The molecule has 0 aliphatic rings. The van der Waals surface area contributed by atoms with Crippen LogP contribution in [0.3, 0.4) is 0 Å². The summed E-state index contributed by atoms with van der Waals surface area (Å²) in [5, 5.41) is 23.6. The fourth-order valence-electron chi connectivity index (χ4n) is 23.1. The largest absolute Gasteiger partial charge is 0.343 e. The van der Waals surface area contributed by atoms with Crippen molar-refractivity contribution in [2.75, 3.05) is 0 Å².